The lowest BCUT2D eigenvalue weighted by Crippen LogP contribution is -2.00. The number of carbonyl (C=O) groups is 1. The van der Waals surface area contributed by atoms with Crippen molar-refractivity contribution in [1.82, 2.24) is 9.97 Å². The van der Waals surface area contributed by atoms with E-state index in [4.69, 9.17) is 14.6 Å². The van der Waals surface area contributed by atoms with Crippen LogP contribution in [0.15, 0.2) is 60.7 Å². The fraction of sp³-hybridized carbons (Fsp3) is 0.105. The standard InChI is InChI=1S/C19H16N2O4/c1-24-12-15-11-17(21-18(20-15)13-5-3-2-4-6-13)25-16-9-7-14(8-10-16)19(22)23/h2-11H,12H2,1H3,(H,22,23). The molecule has 1 aromatic heterocycles. The summed E-state index contributed by atoms with van der Waals surface area (Å²) in [4.78, 5) is 19.8. The minimum atomic E-state index is -0.984. The number of carboxylic acids is 1. The molecule has 0 bridgehead atoms. The smallest absolute Gasteiger partial charge is 0.335 e. The maximum Gasteiger partial charge on any atom is 0.335 e. The first-order chi connectivity index (χ1) is 12.2. The van der Waals surface area contributed by atoms with Crippen LogP contribution in [0.2, 0.25) is 0 Å². The van der Waals surface area contributed by atoms with Crippen LogP contribution in [0.5, 0.6) is 11.6 Å². The second kappa shape index (κ2) is 7.55. The number of hydrogen-bond donors (Lipinski definition) is 1. The zero-order chi connectivity index (χ0) is 17.6. The van der Waals surface area contributed by atoms with Crippen molar-refractivity contribution in [3.8, 4) is 23.0 Å². The third-order valence-corrected chi connectivity index (χ3v) is 3.40. The molecule has 0 fully saturated rings. The molecule has 2 aromatic carbocycles. The first kappa shape index (κ1) is 16.6. The van der Waals surface area contributed by atoms with Gasteiger partial charge < -0.3 is 14.6 Å². The Bertz CT molecular complexity index is 864. The molecular weight excluding hydrogens is 320 g/mol. The number of aromatic carboxylic acids is 1. The molecule has 0 unspecified atom stereocenters. The van der Waals surface area contributed by atoms with Gasteiger partial charge in [-0.2, -0.15) is 4.98 Å². The van der Waals surface area contributed by atoms with Crippen LogP contribution >= 0.6 is 0 Å². The fourth-order valence-corrected chi connectivity index (χ4v) is 2.25. The largest absolute Gasteiger partial charge is 0.478 e. The topological polar surface area (TPSA) is 81.5 Å². The molecule has 0 amide bonds. The summed E-state index contributed by atoms with van der Waals surface area (Å²) in [6.07, 6.45) is 0. The highest BCUT2D eigenvalue weighted by Gasteiger charge is 2.09. The Morgan fingerprint density at radius 3 is 2.40 bits per heavy atom. The van der Waals surface area contributed by atoms with Crippen molar-refractivity contribution >= 4 is 5.97 Å². The summed E-state index contributed by atoms with van der Waals surface area (Å²) in [5.41, 5.74) is 1.75. The lowest BCUT2D eigenvalue weighted by atomic mass is 10.2. The number of hydrogen-bond acceptors (Lipinski definition) is 5. The molecule has 1 N–H and O–H groups in total. The molecule has 0 spiro atoms. The summed E-state index contributed by atoms with van der Waals surface area (Å²) >= 11 is 0. The third-order valence-electron chi connectivity index (χ3n) is 3.40. The van der Waals surface area contributed by atoms with Gasteiger partial charge in [0.1, 0.15) is 5.75 Å². The molecule has 6 heteroatoms. The number of methoxy groups -OCH3 is 1. The lowest BCUT2D eigenvalue weighted by Gasteiger charge is -2.09. The maximum absolute atomic E-state index is 10.9. The number of carboxylic acid groups (broad SMARTS) is 1. The van der Waals surface area contributed by atoms with E-state index in [2.05, 4.69) is 9.97 Å². The Hall–Kier alpha value is -3.25. The van der Waals surface area contributed by atoms with Crippen LogP contribution in [0.4, 0.5) is 0 Å². The van der Waals surface area contributed by atoms with Gasteiger partial charge in [-0.15, -0.1) is 0 Å². The van der Waals surface area contributed by atoms with Gasteiger partial charge in [0.15, 0.2) is 5.82 Å². The average Bonchev–Trinajstić information content (AvgIpc) is 2.63. The van der Waals surface area contributed by atoms with E-state index >= 15 is 0 Å². The number of aromatic nitrogens is 2. The van der Waals surface area contributed by atoms with Gasteiger partial charge in [-0.3, -0.25) is 0 Å². The Labute approximate surface area is 144 Å². The fourth-order valence-electron chi connectivity index (χ4n) is 2.25. The van der Waals surface area contributed by atoms with Gasteiger partial charge in [0.05, 0.1) is 17.9 Å². The van der Waals surface area contributed by atoms with Crippen molar-refractivity contribution in [2.45, 2.75) is 6.61 Å². The third kappa shape index (κ3) is 4.19. The van der Waals surface area contributed by atoms with Crippen LogP contribution in [0.3, 0.4) is 0 Å². The van der Waals surface area contributed by atoms with Gasteiger partial charge in [-0.1, -0.05) is 30.3 Å². The quantitative estimate of drug-likeness (QED) is 0.738. The van der Waals surface area contributed by atoms with Crippen molar-refractivity contribution in [2.75, 3.05) is 7.11 Å². The molecular formula is C19H16N2O4. The number of ether oxygens (including phenoxy) is 2. The normalized spacial score (nSPS) is 10.4. The second-order valence-corrected chi connectivity index (χ2v) is 5.25. The van der Waals surface area contributed by atoms with Crippen LogP contribution < -0.4 is 4.74 Å². The summed E-state index contributed by atoms with van der Waals surface area (Å²) in [5.74, 6) is 0.407. The highest BCUT2D eigenvalue weighted by atomic mass is 16.5. The molecule has 25 heavy (non-hydrogen) atoms. The molecule has 0 aliphatic carbocycles. The van der Waals surface area contributed by atoms with Crippen molar-refractivity contribution < 1.29 is 19.4 Å². The predicted octanol–water partition coefficient (Wildman–Crippen LogP) is 3.78. The monoisotopic (exact) mass is 336 g/mol. The van der Waals surface area contributed by atoms with E-state index in [-0.39, 0.29) is 5.56 Å². The van der Waals surface area contributed by atoms with E-state index < -0.39 is 5.97 Å². The van der Waals surface area contributed by atoms with Gasteiger partial charge in [-0.25, -0.2) is 9.78 Å². The van der Waals surface area contributed by atoms with Crippen LogP contribution in [0, 0.1) is 0 Å². The molecule has 6 nitrogen and oxygen atoms in total. The van der Waals surface area contributed by atoms with Crippen molar-refractivity contribution in [3.63, 3.8) is 0 Å². The van der Waals surface area contributed by atoms with E-state index in [9.17, 15) is 4.79 Å². The summed E-state index contributed by atoms with van der Waals surface area (Å²) in [7, 11) is 1.59. The second-order valence-electron chi connectivity index (χ2n) is 5.25. The first-order valence-corrected chi connectivity index (χ1v) is 7.59. The molecule has 126 valence electrons. The molecule has 1 heterocycles. The van der Waals surface area contributed by atoms with Crippen LogP contribution in [0.1, 0.15) is 16.1 Å². The van der Waals surface area contributed by atoms with Gasteiger partial charge in [0.25, 0.3) is 0 Å². The molecule has 0 radical (unpaired) electrons. The van der Waals surface area contributed by atoms with Gasteiger partial charge in [0, 0.05) is 18.7 Å². The van der Waals surface area contributed by atoms with Gasteiger partial charge in [0.2, 0.25) is 5.88 Å². The van der Waals surface area contributed by atoms with E-state index in [1.54, 1.807) is 25.3 Å². The molecule has 0 saturated heterocycles. The molecule has 0 saturated carbocycles. The van der Waals surface area contributed by atoms with Crippen molar-refractivity contribution in [3.05, 3.63) is 71.9 Å². The summed E-state index contributed by atoms with van der Waals surface area (Å²) < 4.78 is 10.9. The Balaban J connectivity index is 1.92. The SMILES string of the molecule is COCc1cc(Oc2ccc(C(=O)O)cc2)nc(-c2ccccc2)n1. The van der Waals surface area contributed by atoms with E-state index in [0.717, 1.165) is 5.56 Å². The van der Waals surface area contributed by atoms with E-state index in [1.165, 1.54) is 12.1 Å². The summed E-state index contributed by atoms with van der Waals surface area (Å²) in [5, 5.41) is 8.95. The van der Waals surface area contributed by atoms with Gasteiger partial charge in [-0.05, 0) is 24.3 Å². The van der Waals surface area contributed by atoms with Crippen LogP contribution in [-0.2, 0) is 11.3 Å². The number of rotatable bonds is 6. The molecule has 0 aliphatic heterocycles. The first-order valence-electron chi connectivity index (χ1n) is 7.59. The molecule has 0 aliphatic rings. The van der Waals surface area contributed by atoms with Gasteiger partial charge >= 0.3 is 5.97 Å². The predicted molar refractivity (Wildman–Crippen MR) is 91.7 cm³/mol. The number of benzene rings is 2. The Morgan fingerprint density at radius 2 is 1.76 bits per heavy atom. The van der Waals surface area contributed by atoms with E-state index in [1.807, 2.05) is 30.3 Å². The molecule has 3 aromatic rings. The summed E-state index contributed by atoms with van der Waals surface area (Å²) in [6, 6.07) is 17.4. The number of nitrogens with zero attached hydrogens (tertiary/aromatic N) is 2. The highest BCUT2D eigenvalue weighted by Crippen LogP contribution is 2.24. The van der Waals surface area contributed by atoms with Crippen LogP contribution in [-0.4, -0.2) is 28.2 Å². The average molecular weight is 336 g/mol. The minimum absolute atomic E-state index is 0.195. The van der Waals surface area contributed by atoms with E-state index in [0.29, 0.717) is 29.8 Å². The zero-order valence-corrected chi connectivity index (χ0v) is 13.5. The minimum Gasteiger partial charge on any atom is -0.478 e. The lowest BCUT2D eigenvalue weighted by molar-refractivity contribution is 0.0697. The Morgan fingerprint density at radius 1 is 1.04 bits per heavy atom. The maximum atomic E-state index is 10.9. The van der Waals surface area contributed by atoms with Crippen LogP contribution in [0.25, 0.3) is 11.4 Å². The summed E-state index contributed by atoms with van der Waals surface area (Å²) in [6.45, 7) is 0.330. The van der Waals surface area contributed by atoms with Crippen molar-refractivity contribution in [2.24, 2.45) is 0 Å². The Kier molecular flexibility index (Phi) is 5.01. The highest BCUT2D eigenvalue weighted by molar-refractivity contribution is 5.87. The molecule has 3 rings (SSSR count). The zero-order valence-electron chi connectivity index (χ0n) is 13.5. The van der Waals surface area contributed by atoms with Crippen molar-refractivity contribution in [1.29, 1.82) is 0 Å². The molecule has 0 atom stereocenters.